The van der Waals surface area contributed by atoms with E-state index in [0.717, 1.165) is 49.8 Å². The zero-order chi connectivity index (χ0) is 22.8. The Labute approximate surface area is 197 Å². The molecule has 4 aliphatic carbocycles. The van der Waals surface area contributed by atoms with E-state index in [1.165, 1.54) is 37.7 Å². The first-order valence-electron chi connectivity index (χ1n) is 13.2. The average Bonchev–Trinajstić information content (AvgIpc) is 3.17. The lowest BCUT2D eigenvalue weighted by molar-refractivity contribution is -0.118. The summed E-state index contributed by atoms with van der Waals surface area (Å²) in [6, 6.07) is 9.90. The van der Waals surface area contributed by atoms with Gasteiger partial charge in [-0.1, -0.05) is 37.6 Å². The first-order chi connectivity index (χ1) is 15.9. The molecule has 1 aromatic carbocycles. The molecule has 0 radical (unpaired) electrons. The molecule has 33 heavy (non-hydrogen) atoms. The maximum Gasteiger partial charge on any atom is 0.414 e. The van der Waals surface area contributed by atoms with Crippen molar-refractivity contribution in [3.8, 4) is 0 Å². The molecule has 1 amide bonds. The van der Waals surface area contributed by atoms with Gasteiger partial charge in [0, 0.05) is 31.0 Å². The third-order valence-corrected chi connectivity index (χ3v) is 10.7. The van der Waals surface area contributed by atoms with E-state index in [9.17, 15) is 9.59 Å². The normalized spacial score (nSPS) is 42.7. The number of nitrogens with zero attached hydrogens (tertiary/aromatic N) is 1. The van der Waals surface area contributed by atoms with Crippen LogP contribution in [-0.4, -0.2) is 24.5 Å². The minimum Gasteiger partial charge on any atom is -0.445 e. The van der Waals surface area contributed by atoms with Gasteiger partial charge in [0.05, 0.1) is 0 Å². The van der Waals surface area contributed by atoms with E-state index in [1.807, 2.05) is 36.4 Å². The minimum absolute atomic E-state index is 0.0472. The van der Waals surface area contributed by atoms with Crippen LogP contribution in [0.25, 0.3) is 0 Å². The SMILES string of the molecule is C[C@]12CC[C@H]3[C@@H](CCC4=CC(=O)CC[C@@]43C)[C@@H]1CC[C@@H]2C1CCN(c2ccccc2)C(=O)O1. The highest BCUT2D eigenvalue weighted by molar-refractivity contribution is 5.91. The number of ether oxygens (including phenoxy) is 1. The third kappa shape index (κ3) is 3.23. The van der Waals surface area contributed by atoms with Crippen molar-refractivity contribution in [2.24, 2.45) is 34.5 Å². The van der Waals surface area contributed by atoms with E-state index in [1.54, 1.807) is 4.90 Å². The first-order valence-corrected chi connectivity index (χ1v) is 13.2. The highest BCUT2D eigenvalue weighted by Gasteiger charge is 2.60. The molecule has 0 N–H and O–H groups in total. The number of carbonyl (C=O) groups is 2. The molecule has 4 nitrogen and oxygen atoms in total. The molecular weight excluding hydrogens is 410 g/mol. The van der Waals surface area contributed by atoms with Crippen molar-refractivity contribution in [3.05, 3.63) is 42.0 Å². The molecule has 1 heterocycles. The van der Waals surface area contributed by atoms with Gasteiger partial charge in [-0.15, -0.1) is 0 Å². The predicted octanol–water partition coefficient (Wildman–Crippen LogP) is 6.55. The van der Waals surface area contributed by atoms with Crippen LogP contribution >= 0.6 is 0 Å². The number of benzene rings is 1. The fourth-order valence-corrected chi connectivity index (χ4v) is 8.94. The summed E-state index contributed by atoms with van der Waals surface area (Å²) < 4.78 is 6.15. The smallest absolute Gasteiger partial charge is 0.414 e. The van der Waals surface area contributed by atoms with Gasteiger partial charge in [-0.25, -0.2) is 4.79 Å². The standard InChI is InChI=1S/C29H37NO3/c1-28-15-12-21(31)18-19(28)8-9-22-23-10-11-25(29(23,2)16-13-24(22)28)26-14-17-30(27(32)33-26)20-6-4-3-5-7-20/h3-7,18,22-26H,8-17H2,1-2H3/t22-,23-,24-,25+,26?,28-,29-/m0/s1. The molecule has 1 saturated heterocycles. The van der Waals surface area contributed by atoms with Gasteiger partial charge in [-0.2, -0.15) is 0 Å². The monoisotopic (exact) mass is 447 g/mol. The second-order valence-corrected chi connectivity index (χ2v) is 11.9. The number of anilines is 1. The molecule has 1 aromatic rings. The van der Waals surface area contributed by atoms with Gasteiger partial charge in [0.15, 0.2) is 5.78 Å². The Morgan fingerprint density at radius 2 is 1.67 bits per heavy atom. The van der Waals surface area contributed by atoms with E-state index in [0.29, 0.717) is 17.6 Å². The Balaban J connectivity index is 1.20. The molecule has 0 spiro atoms. The van der Waals surface area contributed by atoms with Crippen LogP contribution < -0.4 is 4.90 Å². The number of amides is 1. The molecule has 6 rings (SSSR count). The highest BCUT2D eigenvalue weighted by atomic mass is 16.6. The lowest BCUT2D eigenvalue weighted by atomic mass is 9.46. The molecule has 4 heteroatoms. The van der Waals surface area contributed by atoms with Gasteiger partial charge in [0.2, 0.25) is 0 Å². The van der Waals surface area contributed by atoms with Gasteiger partial charge >= 0.3 is 6.09 Å². The van der Waals surface area contributed by atoms with Crippen LogP contribution in [0.3, 0.4) is 0 Å². The lowest BCUT2D eigenvalue weighted by Crippen LogP contribution is -2.53. The van der Waals surface area contributed by atoms with Gasteiger partial charge < -0.3 is 4.74 Å². The van der Waals surface area contributed by atoms with Crippen LogP contribution in [0, 0.1) is 34.5 Å². The number of cyclic esters (lactones) is 1. The van der Waals surface area contributed by atoms with Crippen molar-refractivity contribution in [1.82, 2.24) is 0 Å². The van der Waals surface area contributed by atoms with Crippen molar-refractivity contribution in [2.75, 3.05) is 11.4 Å². The maximum atomic E-state index is 13.0. The summed E-state index contributed by atoms with van der Waals surface area (Å²) in [6.07, 6.45) is 11.9. The molecule has 1 unspecified atom stereocenters. The Bertz CT molecular complexity index is 986. The van der Waals surface area contributed by atoms with Crippen LogP contribution in [0.5, 0.6) is 0 Å². The number of ketones is 1. The molecule has 3 saturated carbocycles. The summed E-state index contributed by atoms with van der Waals surface area (Å²) in [4.78, 5) is 26.8. The molecule has 5 aliphatic rings. The van der Waals surface area contributed by atoms with Crippen molar-refractivity contribution in [3.63, 3.8) is 0 Å². The molecule has 0 bridgehead atoms. The third-order valence-electron chi connectivity index (χ3n) is 10.7. The summed E-state index contributed by atoms with van der Waals surface area (Å²) >= 11 is 0. The highest BCUT2D eigenvalue weighted by Crippen LogP contribution is 2.67. The lowest BCUT2D eigenvalue weighted by Gasteiger charge is -2.58. The van der Waals surface area contributed by atoms with E-state index in [2.05, 4.69) is 13.8 Å². The van der Waals surface area contributed by atoms with Gasteiger partial charge in [-0.05, 0) is 91.7 Å². The zero-order valence-electron chi connectivity index (χ0n) is 20.1. The number of para-hydroxylation sites is 1. The molecule has 0 aromatic heterocycles. The van der Waals surface area contributed by atoms with Crippen molar-refractivity contribution < 1.29 is 14.3 Å². The first kappa shape index (κ1) is 21.4. The van der Waals surface area contributed by atoms with Crippen LogP contribution in [0.4, 0.5) is 10.5 Å². The number of fused-ring (bicyclic) bond motifs is 5. The number of hydrogen-bond donors (Lipinski definition) is 0. The second-order valence-electron chi connectivity index (χ2n) is 11.9. The summed E-state index contributed by atoms with van der Waals surface area (Å²) in [5, 5.41) is 0. The van der Waals surface area contributed by atoms with Crippen LogP contribution in [0.2, 0.25) is 0 Å². The Morgan fingerprint density at radius 1 is 0.879 bits per heavy atom. The molecule has 4 fully saturated rings. The van der Waals surface area contributed by atoms with Crippen molar-refractivity contribution >= 4 is 17.6 Å². The number of rotatable bonds is 2. The van der Waals surface area contributed by atoms with Crippen LogP contribution in [0.1, 0.15) is 71.6 Å². The predicted molar refractivity (Wildman–Crippen MR) is 129 cm³/mol. The van der Waals surface area contributed by atoms with Gasteiger partial charge in [0.25, 0.3) is 0 Å². The fraction of sp³-hybridized carbons (Fsp3) is 0.655. The van der Waals surface area contributed by atoms with Crippen molar-refractivity contribution in [2.45, 2.75) is 77.7 Å². The van der Waals surface area contributed by atoms with Crippen LogP contribution in [0.15, 0.2) is 42.0 Å². The van der Waals surface area contributed by atoms with Gasteiger partial charge in [-0.3, -0.25) is 9.69 Å². The quantitative estimate of drug-likeness (QED) is 0.516. The number of hydrogen-bond acceptors (Lipinski definition) is 3. The van der Waals surface area contributed by atoms with Crippen LogP contribution in [-0.2, 0) is 9.53 Å². The summed E-state index contributed by atoms with van der Waals surface area (Å²) in [5.41, 5.74) is 2.87. The van der Waals surface area contributed by atoms with E-state index >= 15 is 0 Å². The van der Waals surface area contributed by atoms with E-state index < -0.39 is 0 Å². The van der Waals surface area contributed by atoms with Crippen molar-refractivity contribution in [1.29, 1.82) is 0 Å². The molecule has 176 valence electrons. The van der Waals surface area contributed by atoms with E-state index in [-0.39, 0.29) is 23.0 Å². The minimum atomic E-state index is -0.176. The summed E-state index contributed by atoms with van der Waals surface area (Å²) in [7, 11) is 0. The van der Waals surface area contributed by atoms with E-state index in [4.69, 9.17) is 4.74 Å². The molecular formula is C29H37NO3. The summed E-state index contributed by atoms with van der Waals surface area (Å²) in [6.45, 7) is 5.72. The Morgan fingerprint density at radius 3 is 2.45 bits per heavy atom. The molecule has 1 aliphatic heterocycles. The topological polar surface area (TPSA) is 46.6 Å². The Hall–Kier alpha value is -2.10. The second kappa shape index (κ2) is 7.71. The van der Waals surface area contributed by atoms with Gasteiger partial charge in [0.1, 0.15) is 6.10 Å². The molecule has 7 atom stereocenters. The average molecular weight is 448 g/mol. The number of carbonyl (C=O) groups excluding carboxylic acids is 2. The summed E-state index contributed by atoms with van der Waals surface area (Å²) in [5.74, 6) is 3.01. The fourth-order valence-electron chi connectivity index (χ4n) is 8.94. The largest absolute Gasteiger partial charge is 0.445 e. The number of allylic oxidation sites excluding steroid dienone is 1. The Kier molecular flexibility index (Phi) is 5.01. The zero-order valence-corrected chi connectivity index (χ0v) is 20.1. The maximum absolute atomic E-state index is 13.0.